The molecule has 0 bridgehead atoms. The Kier molecular flexibility index (Phi) is 4.41. The maximum Gasteiger partial charge on any atom is 0.123 e. The van der Waals surface area contributed by atoms with Crippen molar-refractivity contribution >= 4 is 27.3 Å². The summed E-state index contributed by atoms with van der Waals surface area (Å²) in [7, 11) is 0. The normalized spacial score (nSPS) is 17.1. The Morgan fingerprint density at radius 1 is 1.35 bits per heavy atom. The van der Waals surface area contributed by atoms with Gasteiger partial charge < -0.3 is 10.5 Å². The quantitative estimate of drug-likeness (QED) is 0.919. The van der Waals surface area contributed by atoms with Crippen molar-refractivity contribution in [3.63, 3.8) is 0 Å². The molecule has 1 unspecified atom stereocenters. The summed E-state index contributed by atoms with van der Waals surface area (Å²) in [4.78, 5) is 3.70. The lowest BCUT2D eigenvalue weighted by Gasteiger charge is -2.28. The smallest absolute Gasteiger partial charge is 0.123 e. The average Bonchev–Trinajstić information content (AvgIpc) is 2.76. The Morgan fingerprint density at radius 3 is 2.95 bits per heavy atom. The lowest BCUT2D eigenvalue weighted by molar-refractivity contribution is 0.174. The summed E-state index contributed by atoms with van der Waals surface area (Å²) in [6.07, 6.45) is 0. The highest BCUT2D eigenvalue weighted by molar-refractivity contribution is 9.10. The van der Waals surface area contributed by atoms with Gasteiger partial charge in [-0.1, -0.05) is 18.2 Å². The lowest BCUT2D eigenvalue weighted by Crippen LogP contribution is -2.34. The Labute approximate surface area is 131 Å². The molecule has 2 N–H and O–H groups in total. The zero-order valence-electron chi connectivity index (χ0n) is 11.1. The van der Waals surface area contributed by atoms with E-state index >= 15 is 0 Å². The van der Waals surface area contributed by atoms with Crippen LogP contribution in [0.3, 0.4) is 0 Å². The molecule has 1 aromatic carbocycles. The van der Waals surface area contributed by atoms with Crippen molar-refractivity contribution in [2.24, 2.45) is 5.73 Å². The fourth-order valence-electron chi connectivity index (χ4n) is 2.58. The van der Waals surface area contributed by atoms with Gasteiger partial charge in [-0.3, -0.25) is 4.90 Å². The van der Waals surface area contributed by atoms with Crippen LogP contribution in [-0.4, -0.2) is 24.6 Å². The molecule has 2 heterocycles. The van der Waals surface area contributed by atoms with Gasteiger partial charge in [-0.2, -0.15) is 0 Å². The molecule has 20 heavy (non-hydrogen) atoms. The van der Waals surface area contributed by atoms with Crippen LogP contribution in [0.25, 0.3) is 0 Å². The van der Waals surface area contributed by atoms with Crippen molar-refractivity contribution in [2.75, 3.05) is 19.7 Å². The van der Waals surface area contributed by atoms with Gasteiger partial charge >= 0.3 is 0 Å². The van der Waals surface area contributed by atoms with Gasteiger partial charge in [-0.15, -0.1) is 11.3 Å². The minimum atomic E-state index is 0.235. The molecule has 0 saturated heterocycles. The summed E-state index contributed by atoms with van der Waals surface area (Å²) >= 11 is 5.38. The van der Waals surface area contributed by atoms with Crippen LogP contribution < -0.4 is 10.5 Å². The van der Waals surface area contributed by atoms with E-state index in [0.717, 1.165) is 23.3 Å². The van der Waals surface area contributed by atoms with Gasteiger partial charge in [0.25, 0.3) is 0 Å². The van der Waals surface area contributed by atoms with Crippen LogP contribution >= 0.6 is 27.3 Å². The number of hydrogen-bond donors (Lipinski definition) is 1. The van der Waals surface area contributed by atoms with E-state index in [9.17, 15) is 0 Å². The fraction of sp³-hybridized carbons (Fsp3) is 0.333. The van der Waals surface area contributed by atoms with E-state index in [1.807, 2.05) is 12.1 Å². The molecule has 0 amide bonds. The van der Waals surface area contributed by atoms with Gasteiger partial charge in [0.2, 0.25) is 0 Å². The van der Waals surface area contributed by atoms with Crippen LogP contribution in [0.15, 0.2) is 40.2 Å². The Bertz CT molecular complexity index is 587. The summed E-state index contributed by atoms with van der Waals surface area (Å²) in [5, 5.41) is 2.10. The third-order valence-corrected chi connectivity index (χ3v) is 5.57. The minimum Gasteiger partial charge on any atom is -0.492 e. The number of ether oxygens (including phenoxy) is 1. The van der Waals surface area contributed by atoms with Crippen molar-refractivity contribution in [1.29, 1.82) is 0 Å². The molecular formula is C15H17BrN2OS. The van der Waals surface area contributed by atoms with E-state index in [1.165, 1.54) is 10.4 Å². The second-order valence-corrected chi connectivity index (χ2v) is 6.61. The molecule has 1 aliphatic heterocycles. The fourth-order valence-corrected chi connectivity index (χ4v) is 4.36. The van der Waals surface area contributed by atoms with Crippen molar-refractivity contribution in [3.05, 3.63) is 50.6 Å². The molecule has 2 aromatic rings. The third kappa shape index (κ3) is 2.76. The predicted molar refractivity (Wildman–Crippen MR) is 86.2 cm³/mol. The van der Waals surface area contributed by atoms with Crippen LogP contribution in [0.5, 0.6) is 5.75 Å². The number of fused-ring (bicyclic) bond motifs is 1. The Morgan fingerprint density at radius 2 is 2.20 bits per heavy atom. The van der Waals surface area contributed by atoms with Crippen molar-refractivity contribution in [1.82, 2.24) is 4.90 Å². The largest absolute Gasteiger partial charge is 0.492 e. The third-order valence-electron chi connectivity index (χ3n) is 3.59. The van der Waals surface area contributed by atoms with Gasteiger partial charge in [0, 0.05) is 34.5 Å². The molecule has 1 aliphatic rings. The first kappa shape index (κ1) is 14.1. The van der Waals surface area contributed by atoms with Crippen LogP contribution in [0.2, 0.25) is 0 Å². The Hall–Kier alpha value is -0.880. The molecule has 0 radical (unpaired) electrons. The highest BCUT2D eigenvalue weighted by atomic mass is 79.9. The van der Waals surface area contributed by atoms with E-state index < -0.39 is 0 Å². The maximum absolute atomic E-state index is 6.04. The van der Waals surface area contributed by atoms with Gasteiger partial charge in [-0.25, -0.2) is 0 Å². The molecule has 106 valence electrons. The number of para-hydroxylation sites is 1. The molecule has 0 spiro atoms. The number of benzene rings is 1. The molecule has 0 aliphatic carbocycles. The molecule has 0 saturated carbocycles. The highest BCUT2D eigenvalue weighted by Crippen LogP contribution is 2.34. The van der Waals surface area contributed by atoms with Gasteiger partial charge in [0.15, 0.2) is 0 Å². The summed E-state index contributed by atoms with van der Waals surface area (Å²) in [6.45, 7) is 3.08. The van der Waals surface area contributed by atoms with E-state index in [4.69, 9.17) is 10.5 Å². The maximum atomic E-state index is 6.04. The molecular weight excluding hydrogens is 336 g/mol. The number of hydrogen-bond acceptors (Lipinski definition) is 4. The monoisotopic (exact) mass is 352 g/mol. The van der Waals surface area contributed by atoms with Crippen LogP contribution in [0, 0.1) is 0 Å². The predicted octanol–water partition coefficient (Wildman–Crippen LogP) is 3.41. The highest BCUT2D eigenvalue weighted by Gasteiger charge is 2.25. The SMILES string of the molecule is NCC(c1sccc1Br)N1CCOc2ccccc2C1. The first-order chi connectivity index (χ1) is 9.79. The molecule has 3 nitrogen and oxygen atoms in total. The number of halogens is 1. The number of thiophene rings is 1. The second-order valence-electron chi connectivity index (χ2n) is 4.81. The van der Waals surface area contributed by atoms with Crippen LogP contribution in [0.4, 0.5) is 0 Å². The molecule has 1 aromatic heterocycles. The first-order valence-electron chi connectivity index (χ1n) is 6.67. The zero-order chi connectivity index (χ0) is 13.9. The average molecular weight is 353 g/mol. The summed E-state index contributed by atoms with van der Waals surface area (Å²) in [5.74, 6) is 0.996. The van der Waals surface area contributed by atoms with Crippen molar-refractivity contribution in [3.8, 4) is 5.75 Å². The summed E-state index contributed by atoms with van der Waals surface area (Å²) in [5.41, 5.74) is 7.27. The van der Waals surface area contributed by atoms with Crippen LogP contribution in [0.1, 0.15) is 16.5 Å². The number of nitrogens with two attached hydrogens (primary N) is 1. The van der Waals surface area contributed by atoms with E-state index in [0.29, 0.717) is 13.2 Å². The minimum absolute atomic E-state index is 0.235. The van der Waals surface area contributed by atoms with E-state index in [-0.39, 0.29) is 6.04 Å². The van der Waals surface area contributed by atoms with E-state index in [1.54, 1.807) is 11.3 Å². The summed E-state index contributed by atoms with van der Waals surface area (Å²) < 4.78 is 6.98. The topological polar surface area (TPSA) is 38.5 Å². The number of nitrogens with zero attached hydrogens (tertiary/aromatic N) is 1. The Balaban J connectivity index is 1.88. The standard InChI is InChI=1S/C15H17BrN2OS/c16-12-5-8-20-15(12)13(9-17)18-6-7-19-14-4-2-1-3-11(14)10-18/h1-5,8,13H,6-7,9-10,17H2. The van der Waals surface area contributed by atoms with Gasteiger partial charge in [0.05, 0.1) is 6.04 Å². The van der Waals surface area contributed by atoms with Gasteiger partial charge in [-0.05, 0) is 33.4 Å². The summed E-state index contributed by atoms with van der Waals surface area (Å²) in [6, 6.07) is 10.6. The molecule has 3 rings (SSSR count). The van der Waals surface area contributed by atoms with Crippen molar-refractivity contribution in [2.45, 2.75) is 12.6 Å². The molecule has 0 fully saturated rings. The molecule has 1 atom stereocenters. The zero-order valence-corrected chi connectivity index (χ0v) is 13.5. The lowest BCUT2D eigenvalue weighted by atomic mass is 10.1. The van der Waals surface area contributed by atoms with Gasteiger partial charge in [0.1, 0.15) is 12.4 Å². The first-order valence-corrected chi connectivity index (χ1v) is 8.34. The second kappa shape index (κ2) is 6.26. The van der Waals surface area contributed by atoms with Crippen LogP contribution in [-0.2, 0) is 6.54 Å². The molecule has 5 heteroatoms. The van der Waals surface area contributed by atoms with E-state index in [2.05, 4.69) is 44.4 Å². The van der Waals surface area contributed by atoms with Crippen molar-refractivity contribution < 1.29 is 4.74 Å². The number of rotatable bonds is 3.